The molecule has 1 fully saturated rings. The molecule has 1 aromatic rings. The summed E-state index contributed by atoms with van der Waals surface area (Å²) >= 11 is -0.556. The number of hydrogen-bond acceptors (Lipinski definition) is 2. The molecule has 0 radical (unpaired) electrons. The number of rotatable bonds is 2. The van der Waals surface area contributed by atoms with Gasteiger partial charge < -0.3 is 5.11 Å². The molecule has 0 unspecified atom stereocenters. The zero-order chi connectivity index (χ0) is 23.1. The summed E-state index contributed by atoms with van der Waals surface area (Å²) in [6.07, 6.45) is 0.0183. The average molecular weight is 516 g/mol. The number of alkyl halides is 10. The Kier molecular flexibility index (Phi) is 7.65. The van der Waals surface area contributed by atoms with Gasteiger partial charge in [-0.05, 0) is 18.6 Å². The SMILES string of the molecule is Cc1cccc(C=NC2C(F)(F)C(F)(F)C(F)(F)C(F)(F)C2(F)F)c1O.[Cl][Ti][Cl]. The number of hydrogen-bond donors (Lipinski definition) is 1. The number of phenolic OH excluding ortho intramolecular Hbond substituents is 1. The van der Waals surface area contributed by atoms with E-state index < -0.39 is 64.0 Å². The van der Waals surface area contributed by atoms with Gasteiger partial charge in [0.2, 0.25) is 0 Å². The minimum atomic E-state index is -7.02. The van der Waals surface area contributed by atoms with Crippen LogP contribution >= 0.6 is 18.6 Å². The summed E-state index contributed by atoms with van der Waals surface area (Å²) in [6, 6.07) is -1.10. The molecule has 0 heterocycles. The van der Waals surface area contributed by atoms with Gasteiger partial charge in [0, 0.05) is 11.8 Å². The second-order valence-electron chi connectivity index (χ2n) is 5.73. The van der Waals surface area contributed by atoms with E-state index in [1.165, 1.54) is 19.1 Å². The summed E-state index contributed by atoms with van der Waals surface area (Å²) in [5, 5.41) is 9.59. The van der Waals surface area contributed by atoms with Gasteiger partial charge in [0.1, 0.15) is 5.75 Å². The molecule has 0 aromatic heterocycles. The van der Waals surface area contributed by atoms with Crippen LogP contribution < -0.4 is 0 Å². The molecule has 2 nitrogen and oxygen atoms in total. The van der Waals surface area contributed by atoms with Gasteiger partial charge in [-0.3, -0.25) is 4.99 Å². The van der Waals surface area contributed by atoms with Crippen LogP contribution in [0.3, 0.4) is 0 Å². The van der Waals surface area contributed by atoms with Crippen LogP contribution in [0.5, 0.6) is 5.75 Å². The van der Waals surface area contributed by atoms with Gasteiger partial charge in [-0.25, -0.2) is 0 Å². The Morgan fingerprint density at radius 3 is 1.72 bits per heavy atom. The number of halogens is 12. The van der Waals surface area contributed by atoms with Crippen molar-refractivity contribution in [2.75, 3.05) is 0 Å². The molecule has 15 heteroatoms. The number of aliphatic imine (C=N–C) groups is 1. The molecule has 0 bridgehead atoms. The summed E-state index contributed by atoms with van der Waals surface area (Å²) in [6.45, 7) is 1.29. The third-order valence-corrected chi connectivity index (χ3v) is 3.94. The molecule has 1 aliphatic carbocycles. The van der Waals surface area contributed by atoms with Gasteiger partial charge in [0.25, 0.3) is 0 Å². The van der Waals surface area contributed by atoms with Crippen LogP contribution in [-0.4, -0.2) is 47.0 Å². The van der Waals surface area contributed by atoms with E-state index >= 15 is 0 Å². The van der Waals surface area contributed by atoms with Gasteiger partial charge in [-0.15, -0.1) is 0 Å². The van der Waals surface area contributed by atoms with Gasteiger partial charge >= 0.3 is 65.3 Å². The molecule has 29 heavy (non-hydrogen) atoms. The number of phenols is 1. The Balaban J connectivity index is 0.00000132. The Hall–Kier alpha value is -0.716. The van der Waals surface area contributed by atoms with Crippen molar-refractivity contribution in [2.45, 2.75) is 42.6 Å². The van der Waals surface area contributed by atoms with E-state index in [0.29, 0.717) is 0 Å². The molecule has 2 rings (SSSR count). The Labute approximate surface area is 173 Å². The summed E-state index contributed by atoms with van der Waals surface area (Å²) in [5.41, 5.74) is -0.445. The molecule has 0 spiro atoms. The van der Waals surface area contributed by atoms with E-state index in [1.54, 1.807) is 0 Å². The van der Waals surface area contributed by atoms with E-state index in [9.17, 15) is 49.0 Å². The third-order valence-electron chi connectivity index (χ3n) is 3.94. The molecule has 1 N–H and O–H groups in total. The summed E-state index contributed by atoms with van der Waals surface area (Å²) in [7, 11) is 9.78. The van der Waals surface area contributed by atoms with Crippen molar-refractivity contribution in [3.63, 3.8) is 0 Å². The van der Waals surface area contributed by atoms with E-state index in [-0.39, 0.29) is 11.8 Å². The Morgan fingerprint density at radius 2 is 1.31 bits per heavy atom. The average Bonchev–Trinajstić information content (AvgIpc) is 2.57. The Morgan fingerprint density at radius 1 is 0.897 bits per heavy atom. The van der Waals surface area contributed by atoms with Gasteiger partial charge in [0.05, 0.1) is 0 Å². The molecule has 1 aromatic carbocycles. The minimum absolute atomic E-state index is 0.0183. The van der Waals surface area contributed by atoms with E-state index in [2.05, 4.69) is 4.99 Å². The summed E-state index contributed by atoms with van der Waals surface area (Å²) < 4.78 is 134. The number of aromatic hydroxyl groups is 1. The fraction of sp³-hybridized carbons (Fsp3) is 0.500. The normalized spacial score (nSPS) is 23.9. The van der Waals surface area contributed by atoms with Crippen LogP contribution in [0.25, 0.3) is 0 Å². The van der Waals surface area contributed by atoms with Crippen molar-refractivity contribution >= 4 is 24.8 Å². The second-order valence-corrected chi connectivity index (χ2v) is 8.31. The number of para-hydroxylation sites is 1. The van der Waals surface area contributed by atoms with Crippen molar-refractivity contribution in [1.82, 2.24) is 0 Å². The predicted octanol–water partition coefficient (Wildman–Crippen LogP) is 6.05. The molecule has 0 aliphatic heterocycles. The second kappa shape index (κ2) is 8.43. The fourth-order valence-electron chi connectivity index (χ4n) is 2.31. The van der Waals surface area contributed by atoms with Crippen LogP contribution in [-0.2, 0) is 17.0 Å². The van der Waals surface area contributed by atoms with Crippen LogP contribution in [0.4, 0.5) is 43.9 Å². The van der Waals surface area contributed by atoms with Crippen molar-refractivity contribution < 1.29 is 66.0 Å². The first-order valence-electron chi connectivity index (χ1n) is 7.12. The first-order chi connectivity index (χ1) is 12.9. The number of nitrogens with zero attached hydrogens (tertiary/aromatic N) is 1. The maximum absolute atomic E-state index is 13.6. The molecule has 1 saturated carbocycles. The van der Waals surface area contributed by atoms with Gasteiger partial charge in [-0.2, -0.15) is 43.9 Å². The zero-order valence-corrected chi connectivity index (χ0v) is 16.9. The van der Waals surface area contributed by atoms with Crippen molar-refractivity contribution in [1.29, 1.82) is 0 Å². The topological polar surface area (TPSA) is 32.6 Å². The van der Waals surface area contributed by atoms with Crippen molar-refractivity contribution in [3.8, 4) is 5.75 Å². The van der Waals surface area contributed by atoms with Gasteiger partial charge in [0.15, 0.2) is 6.04 Å². The van der Waals surface area contributed by atoms with Crippen molar-refractivity contribution in [3.05, 3.63) is 29.3 Å². The standard InChI is InChI=1S/C14H9F10NO.2ClH.Ti/c1-6-3-2-4-7(8(6)26)5-25-9-10(15,16)12(19,20)14(23,24)13(21,22)11(9,17)18;;;/h2-5,9,26H,1H3;2*1H;/q;;;+2/p-2. The van der Waals surface area contributed by atoms with Crippen LogP contribution in [0.15, 0.2) is 23.2 Å². The molecular weight excluding hydrogens is 507 g/mol. The van der Waals surface area contributed by atoms with Crippen LogP contribution in [0.1, 0.15) is 11.1 Å². The fourth-order valence-corrected chi connectivity index (χ4v) is 2.31. The third kappa shape index (κ3) is 3.97. The van der Waals surface area contributed by atoms with E-state index in [1.807, 2.05) is 0 Å². The Bertz CT molecular complexity index is 745. The summed E-state index contributed by atoms with van der Waals surface area (Å²) in [4.78, 5) is 2.34. The predicted molar refractivity (Wildman–Crippen MR) is 80.7 cm³/mol. The van der Waals surface area contributed by atoms with E-state index in [0.717, 1.165) is 6.07 Å². The summed E-state index contributed by atoms with van der Waals surface area (Å²) in [5.74, 6) is -33.9. The molecule has 0 atom stereocenters. The number of benzene rings is 1. The van der Waals surface area contributed by atoms with Gasteiger partial charge in [-0.1, -0.05) is 12.1 Å². The van der Waals surface area contributed by atoms with E-state index in [4.69, 9.17) is 18.6 Å². The monoisotopic (exact) mass is 515 g/mol. The molecule has 0 amide bonds. The first kappa shape index (κ1) is 26.3. The van der Waals surface area contributed by atoms with Crippen LogP contribution in [0, 0.1) is 6.92 Å². The maximum atomic E-state index is 13.6. The first-order valence-corrected chi connectivity index (χ1v) is 11.4. The molecule has 164 valence electrons. The quantitative estimate of drug-likeness (QED) is 0.290. The van der Waals surface area contributed by atoms with Crippen LogP contribution in [0.2, 0.25) is 0 Å². The molecular formula is C14H9Cl2F10NOTi. The molecule has 0 saturated heterocycles. The number of aryl methyl sites for hydroxylation is 1. The zero-order valence-electron chi connectivity index (χ0n) is 13.8. The molecule has 1 aliphatic rings. The van der Waals surface area contributed by atoms with Crippen molar-refractivity contribution in [2.24, 2.45) is 4.99 Å².